The molecule has 3 rings (SSSR count). The first-order chi connectivity index (χ1) is 11.5. The molecule has 0 saturated carbocycles. The molecule has 24 heavy (non-hydrogen) atoms. The van der Waals surface area contributed by atoms with Crippen molar-refractivity contribution in [1.29, 1.82) is 0 Å². The minimum absolute atomic E-state index is 0.122. The summed E-state index contributed by atoms with van der Waals surface area (Å²) in [6.07, 6.45) is 3.93. The molecule has 1 fully saturated rings. The third-order valence-electron chi connectivity index (χ3n) is 3.65. The van der Waals surface area contributed by atoms with Crippen LogP contribution in [0.15, 0.2) is 41.6 Å². The van der Waals surface area contributed by atoms with Crippen molar-refractivity contribution in [2.45, 2.75) is 23.9 Å². The number of nitrogens with one attached hydrogen (secondary N) is 3. The summed E-state index contributed by atoms with van der Waals surface area (Å²) in [6.45, 7) is 1.21. The van der Waals surface area contributed by atoms with Gasteiger partial charge in [-0.3, -0.25) is 4.79 Å². The predicted octanol–water partition coefficient (Wildman–Crippen LogP) is 0.407. The van der Waals surface area contributed by atoms with E-state index in [1.54, 1.807) is 12.4 Å². The van der Waals surface area contributed by atoms with E-state index in [0.717, 1.165) is 0 Å². The molecule has 9 heteroatoms. The molecule has 1 aromatic heterocycles. The van der Waals surface area contributed by atoms with E-state index >= 15 is 0 Å². The van der Waals surface area contributed by atoms with Crippen LogP contribution in [0.2, 0.25) is 0 Å². The van der Waals surface area contributed by atoms with Crippen molar-refractivity contribution in [2.75, 3.05) is 13.2 Å². The summed E-state index contributed by atoms with van der Waals surface area (Å²) in [4.78, 5) is 19.1. The maximum Gasteiger partial charge on any atom is 0.251 e. The smallest absolute Gasteiger partial charge is 0.251 e. The molecule has 1 atom stereocenters. The molecule has 1 saturated heterocycles. The van der Waals surface area contributed by atoms with Gasteiger partial charge in [-0.2, -0.15) is 0 Å². The summed E-state index contributed by atoms with van der Waals surface area (Å²) < 4.78 is 32.3. The van der Waals surface area contributed by atoms with Gasteiger partial charge in [0.05, 0.1) is 18.0 Å². The van der Waals surface area contributed by atoms with Gasteiger partial charge in [0.1, 0.15) is 5.82 Å². The van der Waals surface area contributed by atoms with E-state index < -0.39 is 10.0 Å². The molecule has 1 aliphatic heterocycles. The third kappa shape index (κ3) is 3.99. The number of hydrogen-bond donors (Lipinski definition) is 3. The van der Waals surface area contributed by atoms with Crippen molar-refractivity contribution < 1.29 is 17.9 Å². The molecule has 1 unspecified atom stereocenters. The standard InChI is InChI=1S/C15H18N4O4S/c20-15(18-9-14-16-6-7-17-14)11-1-3-13(4-2-11)24(21,22)19-12-5-8-23-10-12/h1-4,6-7,12,19H,5,8-10H2,(H,16,17)(H,18,20). The first-order valence-electron chi connectivity index (χ1n) is 7.51. The van der Waals surface area contributed by atoms with E-state index in [1.807, 2.05) is 0 Å². The largest absolute Gasteiger partial charge is 0.380 e. The van der Waals surface area contributed by atoms with E-state index in [2.05, 4.69) is 20.0 Å². The van der Waals surface area contributed by atoms with Crippen molar-refractivity contribution in [1.82, 2.24) is 20.0 Å². The number of imidazole rings is 1. The number of carbonyl (C=O) groups is 1. The lowest BCUT2D eigenvalue weighted by atomic mass is 10.2. The Hall–Kier alpha value is -2.23. The second-order valence-corrected chi connectivity index (χ2v) is 7.14. The Morgan fingerprint density at radius 2 is 2.12 bits per heavy atom. The van der Waals surface area contributed by atoms with Gasteiger partial charge in [0.2, 0.25) is 10.0 Å². The van der Waals surface area contributed by atoms with Gasteiger partial charge < -0.3 is 15.0 Å². The Balaban J connectivity index is 1.62. The Labute approximate surface area is 139 Å². The van der Waals surface area contributed by atoms with Gasteiger partial charge in [-0.15, -0.1) is 0 Å². The summed E-state index contributed by atoms with van der Waals surface area (Å²) in [5.41, 5.74) is 0.379. The monoisotopic (exact) mass is 350 g/mol. The van der Waals surface area contributed by atoms with Crippen LogP contribution in [0.25, 0.3) is 0 Å². The molecule has 3 N–H and O–H groups in total. The van der Waals surface area contributed by atoms with Gasteiger partial charge >= 0.3 is 0 Å². The molecule has 1 amide bonds. The highest BCUT2D eigenvalue weighted by atomic mass is 32.2. The summed E-state index contributed by atoms with van der Waals surface area (Å²) in [7, 11) is -3.61. The molecular weight excluding hydrogens is 332 g/mol. The van der Waals surface area contributed by atoms with Crippen molar-refractivity contribution in [3.8, 4) is 0 Å². The van der Waals surface area contributed by atoms with Gasteiger partial charge in [-0.1, -0.05) is 0 Å². The van der Waals surface area contributed by atoms with Crippen LogP contribution in [0, 0.1) is 0 Å². The van der Waals surface area contributed by atoms with Crippen LogP contribution in [-0.2, 0) is 21.3 Å². The Kier molecular flexibility index (Phi) is 4.93. The van der Waals surface area contributed by atoms with Crippen LogP contribution in [0.3, 0.4) is 0 Å². The van der Waals surface area contributed by atoms with Crippen molar-refractivity contribution in [3.63, 3.8) is 0 Å². The minimum atomic E-state index is -3.61. The first-order valence-corrected chi connectivity index (χ1v) is 8.99. The number of carbonyl (C=O) groups excluding carboxylic acids is 1. The molecule has 128 valence electrons. The molecule has 0 radical (unpaired) electrons. The Morgan fingerprint density at radius 1 is 1.33 bits per heavy atom. The lowest BCUT2D eigenvalue weighted by molar-refractivity contribution is 0.0950. The maximum absolute atomic E-state index is 12.3. The van der Waals surface area contributed by atoms with Crippen LogP contribution in [-0.4, -0.2) is 43.5 Å². The van der Waals surface area contributed by atoms with Crippen molar-refractivity contribution in [3.05, 3.63) is 48.0 Å². The number of H-pyrrole nitrogens is 1. The van der Waals surface area contributed by atoms with E-state index in [9.17, 15) is 13.2 Å². The SMILES string of the molecule is O=C(NCc1ncc[nH]1)c1ccc(S(=O)(=O)NC2CCOC2)cc1. The maximum atomic E-state index is 12.3. The number of aromatic amines is 1. The van der Waals surface area contributed by atoms with E-state index in [4.69, 9.17) is 4.74 Å². The number of hydrogen-bond acceptors (Lipinski definition) is 5. The third-order valence-corrected chi connectivity index (χ3v) is 5.19. The highest BCUT2D eigenvalue weighted by molar-refractivity contribution is 7.89. The highest BCUT2D eigenvalue weighted by Crippen LogP contribution is 2.13. The topological polar surface area (TPSA) is 113 Å². The molecule has 2 heterocycles. The molecule has 0 bridgehead atoms. The first kappa shape index (κ1) is 16.6. The summed E-state index contributed by atoms with van der Waals surface area (Å²) in [5, 5.41) is 2.70. The van der Waals surface area contributed by atoms with E-state index in [0.29, 0.717) is 31.0 Å². The fraction of sp³-hybridized carbons (Fsp3) is 0.333. The molecule has 8 nitrogen and oxygen atoms in total. The molecule has 0 aliphatic carbocycles. The normalized spacial score (nSPS) is 17.8. The van der Waals surface area contributed by atoms with Gasteiger partial charge in [0.25, 0.3) is 5.91 Å². The van der Waals surface area contributed by atoms with Crippen molar-refractivity contribution in [2.24, 2.45) is 0 Å². The summed E-state index contributed by atoms with van der Waals surface area (Å²) >= 11 is 0. The average molecular weight is 350 g/mol. The second kappa shape index (κ2) is 7.12. The van der Waals surface area contributed by atoms with Crippen LogP contribution < -0.4 is 10.0 Å². The van der Waals surface area contributed by atoms with Gasteiger partial charge in [0, 0.05) is 30.6 Å². The molecule has 0 spiro atoms. The van der Waals surface area contributed by atoms with Crippen LogP contribution >= 0.6 is 0 Å². The number of amides is 1. The van der Waals surface area contributed by atoms with Crippen molar-refractivity contribution >= 4 is 15.9 Å². The zero-order valence-electron chi connectivity index (χ0n) is 12.9. The second-order valence-electron chi connectivity index (χ2n) is 5.42. The fourth-order valence-electron chi connectivity index (χ4n) is 2.36. The van der Waals surface area contributed by atoms with Crippen LogP contribution in [0.4, 0.5) is 0 Å². The number of benzene rings is 1. The fourth-order valence-corrected chi connectivity index (χ4v) is 3.62. The number of rotatable bonds is 6. The minimum Gasteiger partial charge on any atom is -0.380 e. The highest BCUT2D eigenvalue weighted by Gasteiger charge is 2.23. The summed E-state index contributed by atoms with van der Waals surface area (Å²) in [6, 6.07) is 5.60. The van der Waals surface area contributed by atoms with E-state index in [1.165, 1.54) is 24.3 Å². The van der Waals surface area contributed by atoms with Gasteiger partial charge in [-0.25, -0.2) is 18.1 Å². The zero-order valence-corrected chi connectivity index (χ0v) is 13.7. The number of sulfonamides is 1. The van der Waals surface area contributed by atoms with Crippen LogP contribution in [0.1, 0.15) is 22.6 Å². The predicted molar refractivity (Wildman–Crippen MR) is 85.7 cm³/mol. The quantitative estimate of drug-likeness (QED) is 0.698. The van der Waals surface area contributed by atoms with Crippen LogP contribution in [0.5, 0.6) is 0 Å². The Bertz CT molecular complexity index is 781. The lowest BCUT2D eigenvalue weighted by Crippen LogP contribution is -2.35. The molecule has 1 aromatic carbocycles. The average Bonchev–Trinajstić information content (AvgIpc) is 3.26. The molecular formula is C15H18N4O4S. The summed E-state index contributed by atoms with van der Waals surface area (Å²) in [5.74, 6) is 0.345. The molecule has 2 aromatic rings. The number of ether oxygens (including phenoxy) is 1. The molecule has 1 aliphatic rings. The van der Waals surface area contributed by atoms with Gasteiger partial charge in [0.15, 0.2) is 0 Å². The number of nitrogens with zero attached hydrogens (tertiary/aromatic N) is 1. The number of aromatic nitrogens is 2. The zero-order chi connectivity index (χ0) is 17.0. The lowest BCUT2D eigenvalue weighted by Gasteiger charge is -2.11. The Morgan fingerprint density at radius 3 is 2.75 bits per heavy atom. The van der Waals surface area contributed by atoms with Gasteiger partial charge in [-0.05, 0) is 30.7 Å². The van der Waals surface area contributed by atoms with E-state index in [-0.39, 0.29) is 23.4 Å².